The molecule has 0 aliphatic carbocycles. The minimum absolute atomic E-state index is 0.0903. The number of aromatic nitrogens is 1. The van der Waals surface area contributed by atoms with E-state index >= 15 is 0 Å². The van der Waals surface area contributed by atoms with Crippen molar-refractivity contribution in [2.75, 3.05) is 0 Å². The summed E-state index contributed by atoms with van der Waals surface area (Å²) in [4.78, 5) is 13.9. The summed E-state index contributed by atoms with van der Waals surface area (Å²) in [7, 11) is -3.82. The van der Waals surface area contributed by atoms with Crippen LogP contribution in [0.4, 0.5) is 5.69 Å². The van der Waals surface area contributed by atoms with Crippen molar-refractivity contribution in [2.45, 2.75) is 18.4 Å². The zero-order valence-corrected chi connectivity index (χ0v) is 12.0. The van der Waals surface area contributed by atoms with Crippen LogP contribution in [0, 0.1) is 17.0 Å². The largest absolute Gasteiger partial charge is 0.270 e. The SMILES string of the molecule is Cc1ccc([N+](=O)[O-])cc1S(=O)(=O)NCc1ccncc1. The van der Waals surface area contributed by atoms with Gasteiger partial charge >= 0.3 is 0 Å². The van der Waals surface area contributed by atoms with Gasteiger partial charge in [0, 0.05) is 31.1 Å². The fourth-order valence-corrected chi connectivity index (χ4v) is 3.03. The lowest BCUT2D eigenvalue weighted by Gasteiger charge is -2.09. The first-order valence-electron chi connectivity index (χ1n) is 6.04. The van der Waals surface area contributed by atoms with Crippen LogP contribution in [-0.2, 0) is 16.6 Å². The molecule has 2 rings (SSSR count). The van der Waals surface area contributed by atoms with Gasteiger partial charge in [-0.3, -0.25) is 15.1 Å². The van der Waals surface area contributed by atoms with Gasteiger partial charge in [-0.25, -0.2) is 13.1 Å². The molecule has 0 saturated heterocycles. The highest BCUT2D eigenvalue weighted by atomic mass is 32.2. The summed E-state index contributed by atoms with van der Waals surface area (Å²) in [5, 5.41) is 10.8. The molecule has 0 aliphatic rings. The van der Waals surface area contributed by atoms with Crippen molar-refractivity contribution in [3.63, 3.8) is 0 Å². The third-order valence-corrected chi connectivity index (χ3v) is 4.43. The average molecular weight is 307 g/mol. The number of sulfonamides is 1. The lowest BCUT2D eigenvalue weighted by atomic mass is 10.2. The molecule has 0 saturated carbocycles. The van der Waals surface area contributed by atoms with E-state index < -0.39 is 14.9 Å². The van der Waals surface area contributed by atoms with E-state index in [0.717, 1.165) is 11.6 Å². The molecule has 0 fully saturated rings. The van der Waals surface area contributed by atoms with Crippen LogP contribution < -0.4 is 4.72 Å². The molecular weight excluding hydrogens is 294 g/mol. The predicted octanol–water partition coefficient (Wildman–Crippen LogP) is 1.78. The van der Waals surface area contributed by atoms with Crippen molar-refractivity contribution >= 4 is 15.7 Å². The number of nitrogens with zero attached hydrogens (tertiary/aromatic N) is 2. The summed E-state index contributed by atoms with van der Waals surface area (Å²) in [5.74, 6) is 0. The maximum Gasteiger partial charge on any atom is 0.270 e. The summed E-state index contributed by atoms with van der Waals surface area (Å²) >= 11 is 0. The summed E-state index contributed by atoms with van der Waals surface area (Å²) < 4.78 is 26.9. The Hall–Kier alpha value is -2.32. The molecule has 8 heteroatoms. The standard InChI is InChI=1S/C13H13N3O4S/c1-10-2-3-12(16(17)18)8-13(10)21(19,20)15-9-11-4-6-14-7-5-11/h2-8,15H,9H2,1H3. The zero-order chi connectivity index (χ0) is 15.5. The number of nitrogens with one attached hydrogen (secondary N) is 1. The van der Waals surface area contributed by atoms with Crippen molar-refractivity contribution < 1.29 is 13.3 Å². The Balaban J connectivity index is 2.27. The molecule has 110 valence electrons. The maximum atomic E-state index is 12.3. The van der Waals surface area contributed by atoms with E-state index in [0.29, 0.717) is 5.56 Å². The Morgan fingerprint density at radius 1 is 1.24 bits per heavy atom. The van der Waals surface area contributed by atoms with Gasteiger partial charge in [-0.15, -0.1) is 0 Å². The van der Waals surface area contributed by atoms with E-state index in [1.54, 1.807) is 31.5 Å². The average Bonchev–Trinajstić information content (AvgIpc) is 2.46. The predicted molar refractivity (Wildman–Crippen MR) is 76.1 cm³/mol. The third kappa shape index (κ3) is 3.61. The number of pyridine rings is 1. The van der Waals surface area contributed by atoms with Crippen molar-refractivity contribution in [3.8, 4) is 0 Å². The lowest BCUT2D eigenvalue weighted by Crippen LogP contribution is -2.24. The summed E-state index contributed by atoms with van der Waals surface area (Å²) in [5.41, 5.74) is 0.935. The van der Waals surface area contributed by atoms with Gasteiger partial charge in [0.2, 0.25) is 10.0 Å². The van der Waals surface area contributed by atoms with E-state index in [4.69, 9.17) is 0 Å². The molecule has 0 atom stereocenters. The first-order chi connectivity index (χ1) is 9.90. The molecule has 1 aromatic heterocycles. The van der Waals surface area contributed by atoms with Gasteiger partial charge in [0.25, 0.3) is 5.69 Å². The minimum atomic E-state index is -3.82. The number of hydrogen-bond acceptors (Lipinski definition) is 5. The maximum absolute atomic E-state index is 12.3. The van der Waals surface area contributed by atoms with Crippen LogP contribution in [0.5, 0.6) is 0 Å². The zero-order valence-electron chi connectivity index (χ0n) is 11.2. The van der Waals surface area contributed by atoms with Crippen molar-refractivity contribution in [3.05, 3.63) is 64.0 Å². The van der Waals surface area contributed by atoms with Gasteiger partial charge in [0.05, 0.1) is 9.82 Å². The fourth-order valence-electron chi connectivity index (χ4n) is 1.75. The number of nitro benzene ring substituents is 1. The Kier molecular flexibility index (Phi) is 4.29. The minimum Gasteiger partial charge on any atom is -0.265 e. The number of rotatable bonds is 5. The van der Waals surface area contributed by atoms with E-state index in [1.165, 1.54) is 12.1 Å². The molecule has 2 aromatic rings. The summed E-state index contributed by atoms with van der Waals surface area (Å²) in [6.07, 6.45) is 3.12. The highest BCUT2D eigenvalue weighted by Crippen LogP contribution is 2.21. The molecule has 7 nitrogen and oxygen atoms in total. The Bertz CT molecular complexity index is 760. The van der Waals surface area contributed by atoms with Gasteiger partial charge in [-0.05, 0) is 30.2 Å². The highest BCUT2D eigenvalue weighted by Gasteiger charge is 2.20. The number of non-ortho nitro benzene ring substituents is 1. The van der Waals surface area contributed by atoms with Gasteiger partial charge in [0.15, 0.2) is 0 Å². The van der Waals surface area contributed by atoms with E-state index in [2.05, 4.69) is 9.71 Å². The highest BCUT2D eigenvalue weighted by molar-refractivity contribution is 7.89. The van der Waals surface area contributed by atoms with E-state index in [-0.39, 0.29) is 17.1 Å². The van der Waals surface area contributed by atoms with Gasteiger partial charge in [-0.1, -0.05) is 6.07 Å². The van der Waals surface area contributed by atoms with Crippen LogP contribution in [0.1, 0.15) is 11.1 Å². The molecule has 0 unspecified atom stereocenters. The quantitative estimate of drug-likeness (QED) is 0.670. The second kappa shape index (κ2) is 5.98. The van der Waals surface area contributed by atoms with Gasteiger partial charge < -0.3 is 0 Å². The lowest BCUT2D eigenvalue weighted by molar-refractivity contribution is -0.385. The van der Waals surface area contributed by atoms with Crippen LogP contribution in [-0.4, -0.2) is 18.3 Å². The second-order valence-corrected chi connectivity index (χ2v) is 6.12. The summed E-state index contributed by atoms with van der Waals surface area (Å²) in [6.45, 7) is 1.68. The molecular formula is C13H13N3O4S. The molecule has 1 heterocycles. The molecule has 0 amide bonds. The Morgan fingerprint density at radius 2 is 1.90 bits per heavy atom. The van der Waals surface area contributed by atoms with Gasteiger partial charge in [-0.2, -0.15) is 0 Å². The normalized spacial score (nSPS) is 11.3. The molecule has 0 aliphatic heterocycles. The van der Waals surface area contributed by atoms with Crippen LogP contribution in [0.2, 0.25) is 0 Å². The third-order valence-electron chi connectivity index (χ3n) is 2.89. The van der Waals surface area contributed by atoms with Crippen molar-refractivity contribution in [1.82, 2.24) is 9.71 Å². The number of nitro groups is 1. The summed E-state index contributed by atoms with van der Waals surface area (Å²) in [6, 6.07) is 7.12. The molecule has 0 radical (unpaired) electrons. The fraction of sp³-hybridized carbons (Fsp3) is 0.154. The Morgan fingerprint density at radius 3 is 2.52 bits per heavy atom. The van der Waals surface area contributed by atoms with E-state index in [9.17, 15) is 18.5 Å². The van der Waals surface area contributed by atoms with E-state index in [1.807, 2.05) is 0 Å². The first kappa shape index (κ1) is 15.1. The number of aryl methyl sites for hydroxylation is 1. The van der Waals surface area contributed by atoms with Gasteiger partial charge in [0.1, 0.15) is 0 Å². The Labute approximate surface area is 121 Å². The van der Waals surface area contributed by atoms with Crippen LogP contribution >= 0.6 is 0 Å². The number of hydrogen-bond donors (Lipinski definition) is 1. The number of benzene rings is 1. The van der Waals surface area contributed by atoms with Crippen molar-refractivity contribution in [1.29, 1.82) is 0 Å². The first-order valence-corrected chi connectivity index (χ1v) is 7.52. The van der Waals surface area contributed by atoms with Crippen LogP contribution in [0.25, 0.3) is 0 Å². The monoisotopic (exact) mass is 307 g/mol. The topological polar surface area (TPSA) is 102 Å². The van der Waals surface area contributed by atoms with Crippen LogP contribution in [0.3, 0.4) is 0 Å². The molecule has 0 bridgehead atoms. The molecule has 21 heavy (non-hydrogen) atoms. The second-order valence-electron chi connectivity index (χ2n) is 4.39. The van der Waals surface area contributed by atoms with Crippen LogP contribution in [0.15, 0.2) is 47.6 Å². The molecule has 1 aromatic carbocycles. The van der Waals surface area contributed by atoms with Crippen molar-refractivity contribution in [2.24, 2.45) is 0 Å². The molecule has 0 spiro atoms. The smallest absolute Gasteiger partial charge is 0.265 e. The molecule has 1 N–H and O–H groups in total.